The largest absolute Gasteiger partial charge is 0.409 e. The van der Waals surface area contributed by atoms with Crippen molar-refractivity contribution in [3.8, 4) is 6.07 Å². The van der Waals surface area contributed by atoms with E-state index >= 15 is 0 Å². The molecule has 0 aliphatic carbocycles. The lowest BCUT2D eigenvalue weighted by Gasteiger charge is -2.35. The third-order valence-corrected chi connectivity index (χ3v) is 3.35. The Kier molecular flexibility index (Phi) is 4.31. The predicted molar refractivity (Wildman–Crippen MR) is 75.6 cm³/mol. The summed E-state index contributed by atoms with van der Waals surface area (Å²) in [6, 6.07) is 7.61. The van der Waals surface area contributed by atoms with Crippen LogP contribution in [0.25, 0.3) is 0 Å². The summed E-state index contributed by atoms with van der Waals surface area (Å²) in [6.07, 6.45) is -0.0718. The van der Waals surface area contributed by atoms with E-state index in [1.54, 1.807) is 6.07 Å². The summed E-state index contributed by atoms with van der Waals surface area (Å²) in [5.74, 6) is 0. The van der Waals surface area contributed by atoms with Gasteiger partial charge in [0, 0.05) is 0 Å². The molecule has 1 aromatic heterocycles. The SMILES string of the molecule is CC(C)(C)C(O[Si](C)(C)C)c1cccc(C#N)n1. The Balaban J connectivity index is 3.15. The van der Waals surface area contributed by atoms with Crippen molar-refractivity contribution in [1.82, 2.24) is 4.98 Å². The van der Waals surface area contributed by atoms with Gasteiger partial charge in [-0.1, -0.05) is 26.8 Å². The fraction of sp³-hybridized carbons (Fsp3) is 0.571. The minimum absolute atomic E-state index is 0.0403. The molecule has 1 rings (SSSR count). The number of hydrogen-bond donors (Lipinski definition) is 0. The highest BCUT2D eigenvalue weighted by atomic mass is 28.4. The van der Waals surface area contributed by atoms with Gasteiger partial charge in [0.25, 0.3) is 0 Å². The van der Waals surface area contributed by atoms with E-state index in [0.29, 0.717) is 5.69 Å². The maximum Gasteiger partial charge on any atom is 0.184 e. The molecule has 0 bridgehead atoms. The van der Waals surface area contributed by atoms with E-state index in [0.717, 1.165) is 5.69 Å². The molecule has 0 aromatic carbocycles. The maximum absolute atomic E-state index is 8.93. The summed E-state index contributed by atoms with van der Waals surface area (Å²) in [7, 11) is -1.66. The van der Waals surface area contributed by atoms with Gasteiger partial charge in [-0.15, -0.1) is 0 Å². The zero-order valence-electron chi connectivity index (χ0n) is 12.1. The van der Waals surface area contributed by atoms with Gasteiger partial charge < -0.3 is 4.43 Å². The fourth-order valence-electron chi connectivity index (χ4n) is 1.69. The Hall–Kier alpha value is -1.18. The molecule has 0 fully saturated rings. The van der Waals surface area contributed by atoms with Crippen LogP contribution in [0.5, 0.6) is 0 Å². The summed E-state index contributed by atoms with van der Waals surface area (Å²) < 4.78 is 6.25. The number of nitrogens with zero attached hydrogens (tertiary/aromatic N) is 2. The van der Waals surface area contributed by atoms with Gasteiger partial charge in [0.15, 0.2) is 8.32 Å². The van der Waals surface area contributed by atoms with E-state index in [9.17, 15) is 0 Å². The molecular formula is C14H22N2OSi. The van der Waals surface area contributed by atoms with Gasteiger partial charge in [-0.05, 0) is 37.2 Å². The monoisotopic (exact) mass is 262 g/mol. The molecule has 0 radical (unpaired) electrons. The molecule has 1 atom stereocenters. The topological polar surface area (TPSA) is 45.9 Å². The molecule has 0 spiro atoms. The lowest BCUT2D eigenvalue weighted by Crippen LogP contribution is -2.34. The van der Waals surface area contributed by atoms with Gasteiger partial charge >= 0.3 is 0 Å². The lowest BCUT2D eigenvalue weighted by atomic mass is 9.87. The zero-order chi connectivity index (χ0) is 14.0. The number of rotatable bonds is 3. The molecule has 0 amide bonds. The van der Waals surface area contributed by atoms with Crippen LogP contribution in [-0.4, -0.2) is 13.3 Å². The van der Waals surface area contributed by atoms with Gasteiger partial charge in [0.05, 0.1) is 11.8 Å². The van der Waals surface area contributed by atoms with E-state index in [1.165, 1.54) is 0 Å². The van der Waals surface area contributed by atoms with Gasteiger partial charge in [-0.3, -0.25) is 0 Å². The second-order valence-electron chi connectivity index (χ2n) is 6.54. The van der Waals surface area contributed by atoms with E-state index < -0.39 is 8.32 Å². The van der Waals surface area contributed by atoms with Crippen LogP contribution in [0.2, 0.25) is 19.6 Å². The number of hydrogen-bond acceptors (Lipinski definition) is 3. The predicted octanol–water partition coefficient (Wildman–Crippen LogP) is 3.89. The van der Waals surface area contributed by atoms with Crippen LogP contribution in [0.15, 0.2) is 18.2 Å². The van der Waals surface area contributed by atoms with E-state index in [4.69, 9.17) is 9.69 Å². The Morgan fingerprint density at radius 3 is 2.33 bits per heavy atom. The molecule has 0 aliphatic heterocycles. The maximum atomic E-state index is 8.93. The standard InChI is InChI=1S/C14H22N2OSi/c1-14(2,3)13(17-18(4,5)6)12-9-7-8-11(10-15)16-12/h7-9,13H,1-6H3. The minimum Gasteiger partial charge on any atom is -0.409 e. The molecular weight excluding hydrogens is 240 g/mol. The molecule has 0 saturated carbocycles. The first-order valence-corrected chi connectivity index (χ1v) is 9.59. The average Bonchev–Trinajstić information content (AvgIpc) is 2.23. The molecule has 0 N–H and O–H groups in total. The molecule has 4 heteroatoms. The van der Waals surface area contributed by atoms with Crippen molar-refractivity contribution in [2.75, 3.05) is 0 Å². The molecule has 1 aromatic rings. The molecule has 0 aliphatic rings. The average molecular weight is 262 g/mol. The van der Waals surface area contributed by atoms with E-state index in [2.05, 4.69) is 51.5 Å². The highest BCUT2D eigenvalue weighted by Crippen LogP contribution is 2.37. The number of pyridine rings is 1. The second-order valence-corrected chi connectivity index (χ2v) is 11.0. The normalized spacial score (nSPS) is 14.1. The smallest absolute Gasteiger partial charge is 0.184 e. The molecule has 18 heavy (non-hydrogen) atoms. The summed E-state index contributed by atoms with van der Waals surface area (Å²) in [6.45, 7) is 12.9. The van der Waals surface area contributed by atoms with Crippen LogP contribution in [0.1, 0.15) is 38.3 Å². The third kappa shape index (κ3) is 4.24. The van der Waals surface area contributed by atoms with Crippen molar-refractivity contribution < 1.29 is 4.43 Å². The number of aromatic nitrogens is 1. The van der Waals surface area contributed by atoms with Crippen LogP contribution >= 0.6 is 0 Å². The summed E-state index contributed by atoms with van der Waals surface area (Å²) in [5.41, 5.74) is 1.26. The number of nitriles is 1. The van der Waals surface area contributed by atoms with Gasteiger partial charge in [-0.25, -0.2) is 4.98 Å². The summed E-state index contributed by atoms with van der Waals surface area (Å²) in [4.78, 5) is 4.38. The first-order valence-electron chi connectivity index (χ1n) is 6.18. The van der Waals surface area contributed by atoms with Crippen LogP contribution < -0.4 is 0 Å². The van der Waals surface area contributed by atoms with Crippen LogP contribution in [0.3, 0.4) is 0 Å². The van der Waals surface area contributed by atoms with Crippen LogP contribution in [-0.2, 0) is 4.43 Å². The Morgan fingerprint density at radius 1 is 1.28 bits per heavy atom. The lowest BCUT2D eigenvalue weighted by molar-refractivity contribution is 0.0760. The summed E-state index contributed by atoms with van der Waals surface area (Å²) in [5, 5.41) is 8.93. The van der Waals surface area contributed by atoms with E-state index in [-0.39, 0.29) is 11.5 Å². The Labute approximate surface area is 111 Å². The highest BCUT2D eigenvalue weighted by Gasteiger charge is 2.32. The first kappa shape index (κ1) is 14.9. The highest BCUT2D eigenvalue weighted by molar-refractivity contribution is 6.69. The van der Waals surface area contributed by atoms with Crippen LogP contribution in [0, 0.1) is 16.7 Å². The molecule has 1 heterocycles. The molecule has 98 valence electrons. The van der Waals surface area contributed by atoms with Gasteiger partial charge in [0.1, 0.15) is 11.8 Å². The van der Waals surface area contributed by atoms with Crippen molar-refractivity contribution in [1.29, 1.82) is 5.26 Å². The Morgan fingerprint density at radius 2 is 1.89 bits per heavy atom. The van der Waals surface area contributed by atoms with Gasteiger partial charge in [0.2, 0.25) is 0 Å². The van der Waals surface area contributed by atoms with Crippen molar-refractivity contribution in [2.24, 2.45) is 5.41 Å². The Bertz CT molecular complexity index is 452. The van der Waals surface area contributed by atoms with Crippen LogP contribution in [0.4, 0.5) is 0 Å². The zero-order valence-corrected chi connectivity index (χ0v) is 13.1. The molecule has 0 saturated heterocycles. The van der Waals surface area contributed by atoms with Crippen molar-refractivity contribution >= 4 is 8.32 Å². The van der Waals surface area contributed by atoms with Crippen molar-refractivity contribution in [3.05, 3.63) is 29.6 Å². The quantitative estimate of drug-likeness (QED) is 0.776. The fourth-order valence-corrected chi connectivity index (χ4v) is 2.88. The van der Waals surface area contributed by atoms with Crippen molar-refractivity contribution in [2.45, 2.75) is 46.5 Å². The molecule has 1 unspecified atom stereocenters. The third-order valence-electron chi connectivity index (χ3n) is 2.41. The molecule has 3 nitrogen and oxygen atoms in total. The van der Waals surface area contributed by atoms with E-state index in [1.807, 2.05) is 12.1 Å². The second kappa shape index (κ2) is 5.21. The van der Waals surface area contributed by atoms with Gasteiger partial charge in [-0.2, -0.15) is 5.26 Å². The van der Waals surface area contributed by atoms with Crippen molar-refractivity contribution in [3.63, 3.8) is 0 Å². The first-order chi connectivity index (χ1) is 8.13. The minimum atomic E-state index is -1.66. The summed E-state index contributed by atoms with van der Waals surface area (Å²) >= 11 is 0.